The van der Waals surface area contributed by atoms with E-state index in [4.69, 9.17) is 16.2 Å². The van der Waals surface area contributed by atoms with Gasteiger partial charge in [0.25, 0.3) is 0 Å². The number of unbranched alkanes of at least 4 members (excludes halogenated alkanes) is 1. The molecule has 5 aromatic carbocycles. The number of carbonyl (C=O) groups excluding carboxylic acids is 10. The van der Waals surface area contributed by atoms with E-state index in [-0.39, 0.29) is 66.9 Å². The number of rotatable bonds is 39. The summed E-state index contributed by atoms with van der Waals surface area (Å²) in [7, 11) is 0. The minimum atomic E-state index is -1.50. The standard InChI is InChI=1S/C86H106IN13O12S4/c1-46(2)77(86(111)98-71(41-114)85(110)100-78(47(3)101)79(89)104)99-80(105)66(19-9-10-28-88)94-83(108)69(36-54-37-90-63-18-8-7-15-57(54)63)96-82(107)68(33-49-24-27-72(62(87)31-49)112-74(103)45-116-43-51-23-26-53-35-56-39-92-65-21-12-17-59(76(56)65)61(53)30-51)95-84(109)70(40-113)97-81(106)67(32-48-13-5-4-6-14-48)93-73(102)44-115-42-50-22-25-52-34-55-38-91-64-20-11-16-58(75(55)64)60(52)29-50/h4-8,11-18,20-21,24,27,31,37-39,46-47,50-53,60-61,66-71,77-78,90-92,101,113-114H,9-10,19,22-23,25-26,28-30,32-36,40-45,88H2,1-3H3,(H2,89,104)(H,93,102)(H,94,108)(H,95,109)(H,96,107)(H,97,106)(H,98,111)(H,99,105)(H,100,110)/t47-,50+,51+,52-,53-,60+,61+,66+,67-,68+,69-,70+,71+,77+,78+/m1/s1. The summed E-state index contributed by atoms with van der Waals surface area (Å²) in [5.74, 6) is -3.57. The molecular weight excluding hydrogens is 1660 g/mol. The Morgan fingerprint density at radius 1 is 0.534 bits per heavy atom. The number of aromatic amines is 3. The maximum absolute atomic E-state index is 15.6. The van der Waals surface area contributed by atoms with Crippen molar-refractivity contribution in [2.24, 2.45) is 41.1 Å². The number of amides is 9. The summed E-state index contributed by atoms with van der Waals surface area (Å²) in [4.78, 5) is 153. The molecule has 116 heavy (non-hydrogen) atoms. The average Bonchev–Trinajstić information content (AvgIpc) is 1.58. The van der Waals surface area contributed by atoms with Gasteiger partial charge in [-0.1, -0.05) is 92.7 Å². The number of benzene rings is 5. The van der Waals surface area contributed by atoms with Gasteiger partial charge in [0.05, 0.1) is 21.2 Å². The van der Waals surface area contributed by atoms with Gasteiger partial charge in [-0.05, 0) is 229 Å². The first-order chi connectivity index (χ1) is 55.9. The molecular formula is C86H106IN13O12S4. The number of halogens is 1. The summed E-state index contributed by atoms with van der Waals surface area (Å²) in [6.07, 6.45) is 13.7. The van der Waals surface area contributed by atoms with Crippen molar-refractivity contribution >= 4 is 163 Å². The van der Waals surface area contributed by atoms with Gasteiger partial charge < -0.3 is 78.8 Å². The van der Waals surface area contributed by atoms with E-state index < -0.39 is 114 Å². The van der Waals surface area contributed by atoms with Gasteiger partial charge in [0, 0.05) is 82.1 Å². The lowest BCUT2D eigenvalue weighted by atomic mass is 9.66. The number of esters is 1. The van der Waals surface area contributed by atoms with Crippen LogP contribution in [0.4, 0.5) is 0 Å². The molecule has 30 heteroatoms. The summed E-state index contributed by atoms with van der Waals surface area (Å²) in [5, 5.41) is 35.7. The largest absolute Gasteiger partial charge is 0.425 e. The highest BCUT2D eigenvalue weighted by Gasteiger charge is 2.41. The summed E-state index contributed by atoms with van der Waals surface area (Å²) < 4.78 is 6.52. The van der Waals surface area contributed by atoms with E-state index in [1.54, 1.807) is 50.0 Å². The van der Waals surface area contributed by atoms with Crippen LogP contribution in [0.15, 0.2) is 128 Å². The maximum atomic E-state index is 15.6. The van der Waals surface area contributed by atoms with Crippen LogP contribution in [0, 0.1) is 33.2 Å². The molecule has 4 aliphatic rings. The maximum Gasteiger partial charge on any atom is 0.321 e. The third kappa shape index (κ3) is 21.9. The molecule has 4 aliphatic carbocycles. The van der Waals surface area contributed by atoms with E-state index in [2.05, 4.69) is 154 Å². The van der Waals surface area contributed by atoms with Crippen molar-refractivity contribution in [3.63, 3.8) is 0 Å². The Morgan fingerprint density at radius 3 is 1.61 bits per heavy atom. The van der Waals surface area contributed by atoms with Crippen molar-refractivity contribution in [3.05, 3.63) is 170 Å². The van der Waals surface area contributed by atoms with Crippen molar-refractivity contribution in [2.75, 3.05) is 41.1 Å². The molecule has 2 saturated carbocycles. The highest BCUT2D eigenvalue weighted by Crippen LogP contribution is 2.51. The van der Waals surface area contributed by atoms with Gasteiger partial charge in [0.2, 0.25) is 53.2 Å². The first-order valence-electron chi connectivity index (χ1n) is 40.2. The number of fused-ring (bicyclic) bond motifs is 5. The monoisotopic (exact) mass is 1770 g/mol. The Hall–Kier alpha value is -8.53. The van der Waals surface area contributed by atoms with Crippen LogP contribution in [0.5, 0.6) is 5.75 Å². The molecule has 9 amide bonds. The van der Waals surface area contributed by atoms with E-state index >= 15 is 14.4 Å². The molecule has 2 fully saturated rings. The summed E-state index contributed by atoms with van der Waals surface area (Å²) in [6.45, 7) is 4.81. The minimum absolute atomic E-state index is 0.0157. The van der Waals surface area contributed by atoms with Gasteiger partial charge in [-0.25, -0.2) is 0 Å². The number of aliphatic hydroxyl groups is 1. The summed E-state index contributed by atoms with van der Waals surface area (Å²) in [6, 6.07) is 23.6. The zero-order chi connectivity index (χ0) is 82.3. The van der Waals surface area contributed by atoms with Crippen LogP contribution in [0.1, 0.15) is 129 Å². The van der Waals surface area contributed by atoms with Crippen LogP contribution in [0.3, 0.4) is 0 Å². The van der Waals surface area contributed by atoms with Crippen LogP contribution in [-0.2, 0) is 80.0 Å². The second-order valence-corrected chi connectivity index (χ2v) is 35.8. The Bertz CT molecular complexity index is 4850. The molecule has 25 nitrogen and oxygen atoms in total. The topological polar surface area (TPSA) is 396 Å². The zero-order valence-electron chi connectivity index (χ0n) is 65.4. The molecule has 3 heterocycles. The number of hydrogen-bond donors (Lipinski definition) is 16. The fourth-order valence-corrected chi connectivity index (χ4v) is 20.5. The van der Waals surface area contributed by atoms with Crippen molar-refractivity contribution in [1.82, 2.24) is 57.5 Å². The third-order valence-electron chi connectivity index (χ3n) is 23.3. The molecule has 0 saturated heterocycles. The molecule has 3 aromatic heterocycles. The first kappa shape index (κ1) is 86.8. The van der Waals surface area contributed by atoms with Gasteiger partial charge in [0.1, 0.15) is 54.1 Å². The number of primary amides is 1. The fraction of sp³-hybridized carbons (Fsp3) is 0.465. The average molecular weight is 1770 g/mol. The predicted octanol–water partition coefficient (Wildman–Crippen LogP) is 8.04. The number of hydrogen-bond acceptors (Lipinski definition) is 17. The number of ether oxygens (including phenoxy) is 1. The van der Waals surface area contributed by atoms with Crippen LogP contribution in [-0.4, -0.2) is 175 Å². The van der Waals surface area contributed by atoms with Gasteiger partial charge in [-0.3, -0.25) is 47.9 Å². The van der Waals surface area contributed by atoms with Gasteiger partial charge >= 0.3 is 5.97 Å². The Labute approximate surface area is 708 Å². The number of H-pyrrole nitrogens is 3. The van der Waals surface area contributed by atoms with E-state index in [9.17, 15) is 38.7 Å². The zero-order valence-corrected chi connectivity index (χ0v) is 71.0. The predicted molar refractivity (Wildman–Crippen MR) is 468 cm³/mol. The number of para-hydroxylation sites is 1. The van der Waals surface area contributed by atoms with Crippen LogP contribution >= 0.6 is 71.4 Å². The Balaban J connectivity index is 0.759. The Kier molecular flexibility index (Phi) is 30.5. The van der Waals surface area contributed by atoms with Gasteiger partial charge in [0.15, 0.2) is 0 Å². The highest BCUT2D eigenvalue weighted by atomic mass is 127. The normalized spacial score (nSPS) is 19.8. The van der Waals surface area contributed by atoms with Crippen molar-refractivity contribution in [3.8, 4) is 5.75 Å². The highest BCUT2D eigenvalue weighted by molar-refractivity contribution is 14.1. The van der Waals surface area contributed by atoms with Crippen molar-refractivity contribution < 1.29 is 57.8 Å². The van der Waals surface area contributed by atoms with Gasteiger partial charge in [-0.2, -0.15) is 37.0 Å². The van der Waals surface area contributed by atoms with E-state index in [1.807, 2.05) is 54.6 Å². The summed E-state index contributed by atoms with van der Waals surface area (Å²) in [5.41, 5.74) is 21.9. The quantitative estimate of drug-likeness (QED) is 0.00570. The lowest BCUT2D eigenvalue weighted by Crippen LogP contribution is -2.62. The number of nitrogens with one attached hydrogen (secondary N) is 11. The van der Waals surface area contributed by atoms with Crippen LogP contribution in [0.25, 0.3) is 32.7 Å². The molecule has 0 radical (unpaired) electrons. The Morgan fingerprint density at radius 2 is 1.03 bits per heavy atom. The number of carbonyl (C=O) groups is 10. The molecule has 15 atom stereocenters. The number of thioether (sulfide) groups is 2. The van der Waals surface area contributed by atoms with Gasteiger partial charge in [-0.15, -0.1) is 11.8 Å². The number of aliphatic hydroxyl groups excluding tert-OH is 1. The van der Waals surface area contributed by atoms with E-state index in [1.165, 1.54) is 57.2 Å². The molecule has 0 unspecified atom stereocenters. The number of thiol groups is 2. The smallest absolute Gasteiger partial charge is 0.321 e. The first-order valence-corrected chi connectivity index (χ1v) is 44.8. The van der Waals surface area contributed by atoms with Crippen LogP contribution in [0.2, 0.25) is 0 Å². The molecule has 8 aromatic rings. The van der Waals surface area contributed by atoms with E-state index in [0.29, 0.717) is 63.0 Å². The second kappa shape index (κ2) is 40.8. The van der Waals surface area contributed by atoms with Crippen molar-refractivity contribution in [1.29, 1.82) is 0 Å². The second-order valence-electron chi connectivity index (χ2n) is 31.8. The molecule has 618 valence electrons. The number of nitrogens with two attached hydrogens (primary N) is 2. The third-order valence-corrected chi connectivity index (χ3v) is 27.2. The molecule has 0 aliphatic heterocycles. The van der Waals surface area contributed by atoms with Crippen molar-refractivity contribution in [2.45, 2.75) is 177 Å². The lowest BCUT2D eigenvalue weighted by molar-refractivity contribution is -0.136. The van der Waals surface area contributed by atoms with Crippen LogP contribution < -0.4 is 58.7 Å². The lowest BCUT2D eigenvalue weighted by Gasteiger charge is -2.39. The molecule has 0 spiro atoms. The SMILES string of the molecule is CC(C)[C@H](NC(=O)[C@H](CCCCN)NC(=O)[C@@H](Cc1c[nH]c2ccccc12)NC(=O)[C@H](Cc1ccc(OC(=O)CSC[C@H]2CC[C@@H]3Cc4c[nH]c5cccc(c45)[C@H]3C2)c(I)c1)NC(=O)[C@H](CS)NC(=O)[C@@H](Cc1ccccc1)NC(=O)CSC[C@H]1CC[C@@H]2Cc3c[nH]c4cccc(c34)[C@H]2C1)C(=O)N[C@@H](CS)C(=O)N[C@H](C(N)=O)[C@@H](C)O. The molecule has 16 N–H and O–H groups in total. The fourth-order valence-electron chi connectivity index (χ4n) is 17.2. The summed E-state index contributed by atoms with van der Waals surface area (Å²) >= 11 is 14.0. The minimum Gasteiger partial charge on any atom is -0.425 e. The molecule has 12 rings (SSSR count). The molecule has 0 bridgehead atoms. The number of aromatic nitrogens is 3. The van der Waals surface area contributed by atoms with E-state index in [0.717, 1.165) is 84.9 Å².